The number of hydrogen-bond donors (Lipinski definition) is 0. The number of benzene rings is 3. The smallest absolute Gasteiger partial charge is 0.253 e. The molecule has 3 aromatic rings. The summed E-state index contributed by atoms with van der Waals surface area (Å²) in [5.41, 5.74) is 7.22. The first kappa shape index (κ1) is 20.2. The average Bonchev–Trinajstić information content (AvgIpc) is 2.71. The molecule has 2 aliphatic heterocycles. The summed E-state index contributed by atoms with van der Waals surface area (Å²) in [6, 6.07) is 17.7. The first-order valence-electron chi connectivity index (χ1n) is 11.2. The number of ether oxygens (including phenoxy) is 1. The molecule has 0 spiro atoms. The molecule has 0 bridgehead atoms. The maximum atomic E-state index is 13.1. The second-order valence-electron chi connectivity index (χ2n) is 9.07. The molecule has 0 saturated carbocycles. The number of piperazine rings is 1. The van der Waals surface area contributed by atoms with Crippen LogP contribution in [0, 0.1) is 20.8 Å². The first-order chi connectivity index (χ1) is 15.0. The molecular formula is C27H30N2O2. The van der Waals surface area contributed by atoms with Crippen LogP contribution in [0.15, 0.2) is 48.5 Å². The van der Waals surface area contributed by atoms with E-state index in [4.69, 9.17) is 4.74 Å². The number of aryl methyl sites for hydroxylation is 3. The summed E-state index contributed by atoms with van der Waals surface area (Å²) in [6.45, 7) is 11.6. The lowest BCUT2D eigenvalue weighted by molar-refractivity contribution is -0.0746. The largest absolute Gasteiger partial charge is 0.378 e. The van der Waals surface area contributed by atoms with Gasteiger partial charge in [-0.15, -0.1) is 0 Å². The van der Waals surface area contributed by atoms with Crippen molar-refractivity contribution < 1.29 is 9.53 Å². The third kappa shape index (κ3) is 3.86. The van der Waals surface area contributed by atoms with Crippen LogP contribution in [0.25, 0.3) is 21.9 Å². The lowest BCUT2D eigenvalue weighted by atomic mass is 9.92. The Hall–Kier alpha value is -2.69. The molecule has 160 valence electrons. The molecular weight excluding hydrogens is 384 g/mol. The maximum Gasteiger partial charge on any atom is 0.253 e. The fourth-order valence-corrected chi connectivity index (χ4v) is 5.08. The summed E-state index contributed by atoms with van der Waals surface area (Å²) >= 11 is 0. The highest BCUT2D eigenvalue weighted by Gasteiger charge is 2.30. The maximum absolute atomic E-state index is 13.1. The number of amides is 1. The Bertz CT molecular complexity index is 1120. The topological polar surface area (TPSA) is 32.8 Å². The van der Waals surface area contributed by atoms with Gasteiger partial charge in [0.2, 0.25) is 0 Å². The second kappa shape index (κ2) is 8.10. The highest BCUT2D eigenvalue weighted by molar-refractivity contribution is 5.99. The van der Waals surface area contributed by atoms with Gasteiger partial charge in [0, 0.05) is 31.7 Å². The molecule has 0 N–H and O–H groups in total. The number of carbonyl (C=O) groups is 1. The van der Waals surface area contributed by atoms with Crippen molar-refractivity contribution in [1.82, 2.24) is 9.80 Å². The quantitative estimate of drug-likeness (QED) is 0.629. The Morgan fingerprint density at radius 3 is 2.13 bits per heavy atom. The summed E-state index contributed by atoms with van der Waals surface area (Å²) in [6.07, 6.45) is 0. The second-order valence-corrected chi connectivity index (χ2v) is 9.07. The van der Waals surface area contributed by atoms with Crippen molar-refractivity contribution in [3.63, 3.8) is 0 Å². The zero-order chi connectivity index (χ0) is 21.5. The fraction of sp³-hybridized carbons (Fsp3) is 0.370. The molecule has 0 aromatic heterocycles. The molecule has 2 heterocycles. The lowest BCUT2D eigenvalue weighted by Crippen LogP contribution is -2.57. The fourth-order valence-electron chi connectivity index (χ4n) is 5.08. The van der Waals surface area contributed by atoms with Gasteiger partial charge in [-0.25, -0.2) is 0 Å². The molecule has 1 amide bonds. The third-order valence-corrected chi connectivity index (χ3v) is 6.79. The predicted octanol–water partition coefficient (Wildman–Crippen LogP) is 4.59. The van der Waals surface area contributed by atoms with E-state index in [1.807, 2.05) is 17.0 Å². The van der Waals surface area contributed by atoms with Gasteiger partial charge in [0.1, 0.15) is 0 Å². The predicted molar refractivity (Wildman–Crippen MR) is 126 cm³/mol. The first-order valence-corrected chi connectivity index (χ1v) is 11.2. The van der Waals surface area contributed by atoms with Crippen molar-refractivity contribution in [3.8, 4) is 11.1 Å². The molecule has 5 rings (SSSR count). The van der Waals surface area contributed by atoms with E-state index in [-0.39, 0.29) is 5.91 Å². The number of nitrogens with zero attached hydrogens (tertiary/aromatic N) is 2. The Labute approximate surface area is 184 Å². The SMILES string of the molecule is Cc1cc(C)c(-c2ccc3cc(C(=O)N4CCN(C5COC5)CC4)ccc3c2)c(C)c1. The minimum Gasteiger partial charge on any atom is -0.378 e. The zero-order valence-electron chi connectivity index (χ0n) is 18.6. The number of carbonyl (C=O) groups excluding carboxylic acids is 1. The van der Waals surface area contributed by atoms with Gasteiger partial charge in [0.25, 0.3) is 5.91 Å². The van der Waals surface area contributed by atoms with E-state index in [1.165, 1.54) is 33.2 Å². The molecule has 0 radical (unpaired) electrons. The summed E-state index contributed by atoms with van der Waals surface area (Å²) in [5, 5.41) is 2.28. The molecule has 4 nitrogen and oxygen atoms in total. The average molecular weight is 415 g/mol. The number of hydrogen-bond acceptors (Lipinski definition) is 3. The van der Waals surface area contributed by atoms with Crippen molar-refractivity contribution in [2.45, 2.75) is 26.8 Å². The molecule has 2 fully saturated rings. The Balaban J connectivity index is 1.36. The minimum atomic E-state index is 0.140. The van der Waals surface area contributed by atoms with Crippen molar-refractivity contribution in [2.75, 3.05) is 39.4 Å². The van der Waals surface area contributed by atoms with Gasteiger partial charge >= 0.3 is 0 Å². The van der Waals surface area contributed by atoms with Crippen molar-refractivity contribution in [3.05, 3.63) is 70.8 Å². The molecule has 2 aliphatic rings. The van der Waals surface area contributed by atoms with E-state index in [0.29, 0.717) is 6.04 Å². The van der Waals surface area contributed by atoms with Crippen LogP contribution in [0.3, 0.4) is 0 Å². The van der Waals surface area contributed by atoms with E-state index >= 15 is 0 Å². The Kier molecular flexibility index (Phi) is 5.28. The molecule has 31 heavy (non-hydrogen) atoms. The van der Waals surface area contributed by atoms with E-state index < -0.39 is 0 Å². The van der Waals surface area contributed by atoms with Crippen molar-refractivity contribution in [1.29, 1.82) is 0 Å². The highest BCUT2D eigenvalue weighted by Crippen LogP contribution is 2.31. The van der Waals surface area contributed by atoms with E-state index in [2.05, 4.69) is 62.1 Å². The van der Waals surface area contributed by atoms with Crippen LogP contribution in [0.1, 0.15) is 27.0 Å². The van der Waals surface area contributed by atoms with Gasteiger partial charge in [0.05, 0.1) is 19.3 Å². The van der Waals surface area contributed by atoms with Crippen LogP contribution < -0.4 is 0 Å². The van der Waals surface area contributed by atoms with Crippen LogP contribution in [-0.2, 0) is 4.74 Å². The number of fused-ring (bicyclic) bond motifs is 1. The summed E-state index contributed by atoms with van der Waals surface area (Å²) in [4.78, 5) is 17.5. The Morgan fingerprint density at radius 1 is 0.839 bits per heavy atom. The van der Waals surface area contributed by atoms with E-state index in [0.717, 1.165) is 50.3 Å². The van der Waals surface area contributed by atoms with Crippen molar-refractivity contribution in [2.24, 2.45) is 0 Å². The molecule has 4 heteroatoms. The van der Waals surface area contributed by atoms with Gasteiger partial charge in [-0.1, -0.05) is 35.9 Å². The monoisotopic (exact) mass is 414 g/mol. The third-order valence-electron chi connectivity index (χ3n) is 6.79. The molecule has 2 saturated heterocycles. The van der Waals surface area contributed by atoms with Gasteiger partial charge in [0.15, 0.2) is 0 Å². The standard InChI is InChI=1S/C27H30N2O2/c1-18-12-19(2)26(20(3)13-18)23-6-4-22-15-24(7-5-21(22)14-23)27(30)29-10-8-28(9-11-29)25-16-31-17-25/h4-7,12-15,25H,8-11,16-17H2,1-3H3. The van der Waals surface area contributed by atoms with Crippen LogP contribution in [-0.4, -0.2) is 61.1 Å². The highest BCUT2D eigenvalue weighted by atomic mass is 16.5. The van der Waals surface area contributed by atoms with E-state index in [1.54, 1.807) is 0 Å². The van der Waals surface area contributed by atoms with Gasteiger partial charge in [-0.2, -0.15) is 0 Å². The normalized spacial score (nSPS) is 17.7. The molecule has 3 aromatic carbocycles. The van der Waals surface area contributed by atoms with Gasteiger partial charge < -0.3 is 9.64 Å². The lowest BCUT2D eigenvalue weighted by Gasteiger charge is -2.42. The summed E-state index contributed by atoms with van der Waals surface area (Å²) in [5.74, 6) is 0.140. The van der Waals surface area contributed by atoms with Crippen molar-refractivity contribution >= 4 is 16.7 Å². The van der Waals surface area contributed by atoms with Crippen LogP contribution in [0.2, 0.25) is 0 Å². The summed E-state index contributed by atoms with van der Waals surface area (Å²) in [7, 11) is 0. The van der Waals surface area contributed by atoms with Crippen LogP contribution >= 0.6 is 0 Å². The molecule has 0 unspecified atom stereocenters. The minimum absolute atomic E-state index is 0.140. The summed E-state index contributed by atoms with van der Waals surface area (Å²) < 4.78 is 5.31. The van der Waals surface area contributed by atoms with Gasteiger partial charge in [-0.3, -0.25) is 9.69 Å². The van der Waals surface area contributed by atoms with E-state index in [9.17, 15) is 4.79 Å². The van der Waals surface area contributed by atoms with Crippen LogP contribution in [0.4, 0.5) is 0 Å². The van der Waals surface area contributed by atoms with Crippen LogP contribution in [0.5, 0.6) is 0 Å². The Morgan fingerprint density at radius 2 is 1.48 bits per heavy atom. The molecule has 0 aliphatic carbocycles. The molecule has 0 atom stereocenters. The zero-order valence-corrected chi connectivity index (χ0v) is 18.6. The number of rotatable bonds is 3. The van der Waals surface area contributed by atoms with Gasteiger partial charge in [-0.05, 0) is 72.0 Å².